The molecule has 0 amide bonds. The van der Waals surface area contributed by atoms with Crippen LogP contribution in [0.5, 0.6) is 5.75 Å². The molecule has 82 valence electrons. The van der Waals surface area contributed by atoms with E-state index in [9.17, 15) is 0 Å². The van der Waals surface area contributed by atoms with Gasteiger partial charge in [0, 0.05) is 5.02 Å². The topological polar surface area (TPSA) is 47.3 Å². The van der Waals surface area contributed by atoms with Crippen LogP contribution in [0, 0.1) is 6.92 Å². The fourth-order valence-electron chi connectivity index (χ4n) is 1.05. The molecule has 1 aromatic carbocycles. The van der Waals surface area contributed by atoms with Gasteiger partial charge in [-0.05, 0) is 42.9 Å². The average Bonchev–Trinajstić information content (AvgIpc) is 2.18. The van der Waals surface area contributed by atoms with Gasteiger partial charge in [0.15, 0.2) is 5.11 Å². The van der Waals surface area contributed by atoms with Gasteiger partial charge in [-0.15, -0.1) is 0 Å². The number of hydrogen-bond acceptors (Lipinski definition) is 2. The molecule has 0 atom stereocenters. The molecule has 1 rings (SSSR count). The molecule has 3 nitrogen and oxygen atoms in total. The number of ether oxygens (including phenoxy) is 1. The summed E-state index contributed by atoms with van der Waals surface area (Å²) in [5.74, 6) is 0.793. The molecule has 5 heteroatoms. The third-order valence-corrected chi connectivity index (χ3v) is 2.37. The van der Waals surface area contributed by atoms with Gasteiger partial charge in [-0.3, -0.25) is 0 Å². The maximum atomic E-state index is 5.88. The molecular weight excluding hydrogens is 232 g/mol. The van der Waals surface area contributed by atoms with E-state index in [1.807, 2.05) is 25.1 Å². The number of halogens is 1. The van der Waals surface area contributed by atoms with E-state index in [2.05, 4.69) is 17.5 Å². The zero-order valence-electron chi connectivity index (χ0n) is 8.42. The van der Waals surface area contributed by atoms with Crippen molar-refractivity contribution in [1.29, 1.82) is 0 Å². The predicted octanol–water partition coefficient (Wildman–Crippen LogP) is 1.86. The molecule has 0 unspecified atom stereocenters. The van der Waals surface area contributed by atoms with Crippen molar-refractivity contribution in [3.8, 4) is 5.75 Å². The number of aryl methyl sites for hydroxylation is 1. The molecule has 0 aliphatic carbocycles. The van der Waals surface area contributed by atoms with Crippen molar-refractivity contribution in [3.63, 3.8) is 0 Å². The Kier molecular flexibility index (Phi) is 4.65. The van der Waals surface area contributed by atoms with E-state index >= 15 is 0 Å². The maximum Gasteiger partial charge on any atom is 0.163 e. The minimum Gasteiger partial charge on any atom is -0.492 e. The summed E-state index contributed by atoms with van der Waals surface area (Å²) in [6.45, 7) is 3.04. The SMILES string of the molecule is Cc1cc(OCCNC(N)=S)ccc1Cl. The van der Waals surface area contributed by atoms with E-state index in [-0.39, 0.29) is 5.11 Å². The molecule has 0 spiro atoms. The first-order chi connectivity index (χ1) is 7.09. The van der Waals surface area contributed by atoms with Gasteiger partial charge >= 0.3 is 0 Å². The Bertz CT molecular complexity index is 357. The van der Waals surface area contributed by atoms with Crippen LogP contribution in [-0.2, 0) is 0 Å². The van der Waals surface area contributed by atoms with Gasteiger partial charge in [-0.2, -0.15) is 0 Å². The Hall–Kier alpha value is -1.00. The van der Waals surface area contributed by atoms with Crippen molar-refractivity contribution in [2.24, 2.45) is 5.73 Å². The van der Waals surface area contributed by atoms with Crippen LogP contribution in [0.2, 0.25) is 5.02 Å². The Morgan fingerprint density at radius 1 is 1.60 bits per heavy atom. The van der Waals surface area contributed by atoms with Gasteiger partial charge in [0.1, 0.15) is 12.4 Å². The van der Waals surface area contributed by atoms with Crippen molar-refractivity contribution >= 4 is 28.9 Å². The fourth-order valence-corrected chi connectivity index (χ4v) is 1.27. The molecule has 0 aromatic heterocycles. The van der Waals surface area contributed by atoms with Crippen molar-refractivity contribution in [3.05, 3.63) is 28.8 Å². The van der Waals surface area contributed by atoms with Crippen LogP contribution in [0.15, 0.2) is 18.2 Å². The lowest BCUT2D eigenvalue weighted by atomic mass is 10.2. The summed E-state index contributed by atoms with van der Waals surface area (Å²) in [5.41, 5.74) is 6.26. The summed E-state index contributed by atoms with van der Waals surface area (Å²) >= 11 is 10.5. The maximum absolute atomic E-state index is 5.88. The molecule has 0 fully saturated rings. The monoisotopic (exact) mass is 244 g/mol. The number of rotatable bonds is 4. The second kappa shape index (κ2) is 5.78. The third-order valence-electron chi connectivity index (χ3n) is 1.80. The van der Waals surface area contributed by atoms with Crippen LogP contribution in [0.1, 0.15) is 5.56 Å². The van der Waals surface area contributed by atoms with Gasteiger partial charge in [0.25, 0.3) is 0 Å². The highest BCUT2D eigenvalue weighted by Crippen LogP contribution is 2.20. The smallest absolute Gasteiger partial charge is 0.163 e. The number of benzene rings is 1. The van der Waals surface area contributed by atoms with Gasteiger partial charge in [0.2, 0.25) is 0 Å². The Morgan fingerprint density at radius 2 is 2.33 bits per heavy atom. The molecule has 15 heavy (non-hydrogen) atoms. The van der Waals surface area contributed by atoms with Gasteiger partial charge in [-0.1, -0.05) is 11.6 Å². The van der Waals surface area contributed by atoms with Gasteiger partial charge < -0.3 is 15.8 Å². The van der Waals surface area contributed by atoms with Crippen LogP contribution < -0.4 is 15.8 Å². The van der Waals surface area contributed by atoms with E-state index < -0.39 is 0 Å². The van der Waals surface area contributed by atoms with Crippen molar-refractivity contribution in [2.45, 2.75) is 6.92 Å². The molecule has 3 N–H and O–H groups in total. The second-order valence-electron chi connectivity index (χ2n) is 3.05. The van der Waals surface area contributed by atoms with Crippen LogP contribution in [-0.4, -0.2) is 18.3 Å². The highest BCUT2D eigenvalue weighted by Gasteiger charge is 1.98. The van der Waals surface area contributed by atoms with E-state index in [0.29, 0.717) is 13.2 Å². The molecule has 0 saturated carbocycles. The number of nitrogens with one attached hydrogen (secondary N) is 1. The van der Waals surface area contributed by atoms with E-state index in [1.54, 1.807) is 0 Å². The summed E-state index contributed by atoms with van der Waals surface area (Å²) in [4.78, 5) is 0. The van der Waals surface area contributed by atoms with Gasteiger partial charge in [0.05, 0.1) is 6.54 Å². The summed E-state index contributed by atoms with van der Waals surface area (Å²) in [7, 11) is 0. The second-order valence-corrected chi connectivity index (χ2v) is 3.90. The van der Waals surface area contributed by atoms with Crippen molar-refractivity contribution < 1.29 is 4.74 Å². The highest BCUT2D eigenvalue weighted by molar-refractivity contribution is 7.80. The van der Waals surface area contributed by atoms with E-state index in [0.717, 1.165) is 16.3 Å². The molecule has 0 radical (unpaired) electrons. The molecule has 0 aliphatic heterocycles. The largest absolute Gasteiger partial charge is 0.492 e. The summed E-state index contributed by atoms with van der Waals surface area (Å²) in [6, 6.07) is 5.53. The Morgan fingerprint density at radius 3 is 2.93 bits per heavy atom. The number of hydrogen-bond donors (Lipinski definition) is 2. The minimum atomic E-state index is 0.283. The number of nitrogens with two attached hydrogens (primary N) is 1. The van der Waals surface area contributed by atoms with E-state index in [4.69, 9.17) is 22.1 Å². The lowest BCUT2D eigenvalue weighted by Gasteiger charge is -2.08. The molecule has 1 aromatic rings. The Labute approximate surface area is 99.6 Å². The predicted molar refractivity (Wildman–Crippen MR) is 66.5 cm³/mol. The first-order valence-corrected chi connectivity index (χ1v) is 5.30. The lowest BCUT2D eigenvalue weighted by molar-refractivity contribution is 0.322. The summed E-state index contributed by atoms with van der Waals surface area (Å²) < 4.78 is 5.46. The van der Waals surface area contributed by atoms with E-state index in [1.165, 1.54) is 0 Å². The third kappa shape index (κ3) is 4.36. The van der Waals surface area contributed by atoms with Crippen LogP contribution in [0.25, 0.3) is 0 Å². The molecule has 0 heterocycles. The summed E-state index contributed by atoms with van der Waals surface area (Å²) in [6.07, 6.45) is 0. The van der Waals surface area contributed by atoms with Crippen molar-refractivity contribution in [2.75, 3.05) is 13.2 Å². The zero-order valence-corrected chi connectivity index (χ0v) is 9.99. The van der Waals surface area contributed by atoms with Crippen LogP contribution in [0.4, 0.5) is 0 Å². The molecule has 0 saturated heterocycles. The Balaban J connectivity index is 2.38. The molecule has 0 bridgehead atoms. The van der Waals surface area contributed by atoms with Crippen LogP contribution >= 0.6 is 23.8 Å². The molecular formula is C10H13ClN2OS. The zero-order chi connectivity index (χ0) is 11.3. The number of thiocarbonyl (C=S) groups is 1. The highest BCUT2D eigenvalue weighted by atomic mass is 35.5. The first-order valence-electron chi connectivity index (χ1n) is 4.52. The molecule has 0 aliphatic rings. The normalized spacial score (nSPS) is 9.73. The minimum absolute atomic E-state index is 0.283. The fraction of sp³-hybridized carbons (Fsp3) is 0.300. The lowest BCUT2D eigenvalue weighted by Crippen LogP contribution is -2.32. The van der Waals surface area contributed by atoms with Gasteiger partial charge in [-0.25, -0.2) is 0 Å². The summed E-state index contributed by atoms with van der Waals surface area (Å²) in [5, 5.41) is 3.82. The van der Waals surface area contributed by atoms with Crippen molar-refractivity contribution in [1.82, 2.24) is 5.32 Å². The van der Waals surface area contributed by atoms with Crippen LogP contribution in [0.3, 0.4) is 0 Å². The average molecular weight is 245 g/mol. The quantitative estimate of drug-likeness (QED) is 0.627. The standard InChI is InChI=1S/C10H13ClN2OS/c1-7-6-8(2-3-9(7)11)14-5-4-13-10(12)15/h2-3,6H,4-5H2,1H3,(H3,12,13,15). The first kappa shape index (κ1) is 12.1.